The zero-order chi connectivity index (χ0) is 20.5. The average molecular weight is 523 g/mol. The van der Waals surface area contributed by atoms with Crippen LogP contribution in [0.2, 0.25) is 0 Å². The van der Waals surface area contributed by atoms with Crippen molar-refractivity contribution in [1.29, 1.82) is 0 Å². The lowest BCUT2D eigenvalue weighted by atomic mass is 10.1. The standard InChI is InChI=1S/C22H29N5O2.HI/c1-3-23-22(25-15-19-14-17-8-4-5-10-20(17)29-19)26-16-21(28)27(2)13-11-18-9-6-7-12-24-18;/h4-10,12,19H,3,11,13-16H2,1-2H3,(H2,23,25,26);1H. The van der Waals surface area contributed by atoms with Crippen LogP contribution in [-0.4, -0.2) is 61.1 Å². The van der Waals surface area contributed by atoms with Gasteiger partial charge >= 0.3 is 0 Å². The lowest BCUT2D eigenvalue weighted by Gasteiger charge is -2.17. The van der Waals surface area contributed by atoms with Gasteiger partial charge in [-0.15, -0.1) is 24.0 Å². The van der Waals surface area contributed by atoms with Gasteiger partial charge in [-0.1, -0.05) is 24.3 Å². The fourth-order valence-electron chi connectivity index (χ4n) is 3.14. The van der Waals surface area contributed by atoms with Crippen LogP contribution in [0.15, 0.2) is 53.7 Å². The number of halogens is 1. The Morgan fingerprint density at radius 3 is 2.77 bits per heavy atom. The van der Waals surface area contributed by atoms with Crippen molar-refractivity contribution in [2.24, 2.45) is 4.99 Å². The number of carbonyl (C=O) groups excluding carboxylic acids is 1. The third-order valence-corrected chi connectivity index (χ3v) is 4.78. The molecule has 2 aromatic rings. The summed E-state index contributed by atoms with van der Waals surface area (Å²) in [5.74, 6) is 1.55. The number of pyridine rings is 1. The van der Waals surface area contributed by atoms with Gasteiger partial charge in [0.2, 0.25) is 5.91 Å². The van der Waals surface area contributed by atoms with Crippen LogP contribution in [0.4, 0.5) is 0 Å². The van der Waals surface area contributed by atoms with Crippen LogP contribution in [0.3, 0.4) is 0 Å². The monoisotopic (exact) mass is 523 g/mol. The van der Waals surface area contributed by atoms with Gasteiger partial charge in [0.25, 0.3) is 0 Å². The molecule has 0 aliphatic carbocycles. The summed E-state index contributed by atoms with van der Waals surface area (Å²) in [6.07, 6.45) is 3.43. The van der Waals surface area contributed by atoms with Crippen LogP contribution in [0.25, 0.3) is 0 Å². The fourth-order valence-corrected chi connectivity index (χ4v) is 3.14. The van der Waals surface area contributed by atoms with Crippen LogP contribution in [0.1, 0.15) is 18.2 Å². The van der Waals surface area contributed by atoms with Gasteiger partial charge < -0.3 is 20.3 Å². The molecular weight excluding hydrogens is 493 g/mol. The van der Waals surface area contributed by atoms with Crippen molar-refractivity contribution in [2.45, 2.75) is 25.9 Å². The molecule has 1 aromatic carbocycles. The summed E-state index contributed by atoms with van der Waals surface area (Å²) in [4.78, 5) is 22.8. The lowest BCUT2D eigenvalue weighted by molar-refractivity contribution is -0.128. The van der Waals surface area contributed by atoms with Gasteiger partial charge in [-0.05, 0) is 30.7 Å². The molecular formula is C22H30IN5O2. The molecule has 1 aliphatic rings. The number of nitrogens with zero attached hydrogens (tertiary/aromatic N) is 3. The zero-order valence-corrected chi connectivity index (χ0v) is 19.8. The number of aliphatic imine (C=N–C) groups is 1. The van der Waals surface area contributed by atoms with Crippen molar-refractivity contribution in [3.63, 3.8) is 0 Å². The Hall–Kier alpha value is -2.36. The van der Waals surface area contributed by atoms with E-state index in [0.717, 1.165) is 30.8 Å². The van der Waals surface area contributed by atoms with Crippen LogP contribution in [-0.2, 0) is 17.6 Å². The molecule has 30 heavy (non-hydrogen) atoms. The number of ether oxygens (including phenoxy) is 1. The summed E-state index contributed by atoms with van der Waals surface area (Å²) >= 11 is 0. The number of amides is 1. The van der Waals surface area contributed by atoms with Crippen LogP contribution < -0.4 is 15.4 Å². The molecule has 0 bridgehead atoms. The Labute approximate surface area is 195 Å². The third-order valence-electron chi connectivity index (χ3n) is 4.78. The molecule has 0 spiro atoms. The second-order valence-corrected chi connectivity index (χ2v) is 7.01. The lowest BCUT2D eigenvalue weighted by Crippen LogP contribution is -2.43. The third kappa shape index (κ3) is 7.16. The van der Waals surface area contributed by atoms with E-state index >= 15 is 0 Å². The van der Waals surface area contributed by atoms with Gasteiger partial charge in [0.15, 0.2) is 5.96 Å². The van der Waals surface area contributed by atoms with Crippen molar-refractivity contribution in [3.05, 3.63) is 59.9 Å². The second kappa shape index (κ2) is 12.4. The van der Waals surface area contributed by atoms with Gasteiger partial charge in [-0.3, -0.25) is 9.78 Å². The first-order valence-electron chi connectivity index (χ1n) is 10.1. The molecule has 3 rings (SSSR count). The first kappa shape index (κ1) is 23.9. The predicted molar refractivity (Wildman–Crippen MR) is 130 cm³/mol. The second-order valence-electron chi connectivity index (χ2n) is 7.01. The van der Waals surface area contributed by atoms with E-state index in [-0.39, 0.29) is 42.5 Å². The molecule has 0 saturated heterocycles. The maximum absolute atomic E-state index is 12.4. The van der Waals surface area contributed by atoms with Gasteiger partial charge in [-0.25, -0.2) is 4.99 Å². The predicted octanol–water partition coefficient (Wildman–Crippen LogP) is 2.26. The molecule has 0 radical (unpaired) electrons. The molecule has 1 aliphatic heterocycles. The topological polar surface area (TPSA) is 78.9 Å². The first-order valence-corrected chi connectivity index (χ1v) is 10.1. The summed E-state index contributed by atoms with van der Waals surface area (Å²) in [6, 6.07) is 13.9. The number of fused-ring (bicyclic) bond motifs is 1. The molecule has 1 atom stereocenters. The highest BCUT2D eigenvalue weighted by Gasteiger charge is 2.22. The normalized spacial score (nSPS) is 14.9. The zero-order valence-electron chi connectivity index (χ0n) is 17.5. The van der Waals surface area contributed by atoms with E-state index in [2.05, 4.69) is 26.7 Å². The number of hydrogen-bond donors (Lipinski definition) is 2. The van der Waals surface area contributed by atoms with Crippen LogP contribution in [0, 0.1) is 0 Å². The molecule has 7 nitrogen and oxygen atoms in total. The molecule has 8 heteroatoms. The maximum Gasteiger partial charge on any atom is 0.244 e. The largest absolute Gasteiger partial charge is 0.488 e. The highest BCUT2D eigenvalue weighted by Crippen LogP contribution is 2.27. The van der Waals surface area contributed by atoms with E-state index in [1.165, 1.54) is 5.56 Å². The number of nitrogens with one attached hydrogen (secondary N) is 2. The Balaban J connectivity index is 0.00000320. The van der Waals surface area contributed by atoms with E-state index in [1.807, 2.05) is 43.3 Å². The van der Waals surface area contributed by atoms with E-state index in [9.17, 15) is 4.79 Å². The SMILES string of the molecule is CCNC(=NCC(=O)N(C)CCc1ccccn1)NCC1Cc2ccccc2O1.I. The Morgan fingerprint density at radius 2 is 2.03 bits per heavy atom. The van der Waals surface area contributed by atoms with Crippen molar-refractivity contribution in [1.82, 2.24) is 20.5 Å². The highest BCUT2D eigenvalue weighted by molar-refractivity contribution is 14.0. The Kier molecular flexibility index (Phi) is 9.85. The molecule has 0 fully saturated rings. The molecule has 1 unspecified atom stereocenters. The number of hydrogen-bond acceptors (Lipinski definition) is 4. The van der Waals surface area contributed by atoms with Gasteiger partial charge in [-0.2, -0.15) is 0 Å². The minimum absolute atomic E-state index is 0. The smallest absolute Gasteiger partial charge is 0.244 e. The van der Waals surface area contributed by atoms with E-state index in [4.69, 9.17) is 4.74 Å². The highest BCUT2D eigenvalue weighted by atomic mass is 127. The number of guanidine groups is 1. The molecule has 162 valence electrons. The number of para-hydroxylation sites is 1. The Bertz CT molecular complexity index is 806. The minimum Gasteiger partial charge on any atom is -0.488 e. The summed E-state index contributed by atoms with van der Waals surface area (Å²) in [7, 11) is 1.80. The van der Waals surface area contributed by atoms with E-state index in [0.29, 0.717) is 19.0 Å². The molecule has 1 amide bonds. The van der Waals surface area contributed by atoms with Gasteiger partial charge in [0, 0.05) is 44.9 Å². The number of aromatic nitrogens is 1. The first-order chi connectivity index (χ1) is 14.2. The quantitative estimate of drug-likeness (QED) is 0.316. The fraction of sp³-hybridized carbons (Fsp3) is 0.409. The molecule has 2 N–H and O–H groups in total. The van der Waals surface area contributed by atoms with E-state index in [1.54, 1.807) is 18.1 Å². The summed E-state index contributed by atoms with van der Waals surface area (Å²) in [6.45, 7) is 4.06. The molecule has 0 saturated carbocycles. The molecule has 1 aromatic heterocycles. The number of rotatable bonds is 8. The van der Waals surface area contributed by atoms with Crippen molar-refractivity contribution >= 4 is 35.8 Å². The number of likely N-dealkylation sites (N-methyl/N-ethyl adjacent to an activating group) is 1. The summed E-state index contributed by atoms with van der Waals surface area (Å²) in [5.41, 5.74) is 2.20. The van der Waals surface area contributed by atoms with Crippen LogP contribution in [0.5, 0.6) is 5.75 Å². The summed E-state index contributed by atoms with van der Waals surface area (Å²) in [5, 5.41) is 6.47. The number of carbonyl (C=O) groups is 1. The number of benzene rings is 1. The van der Waals surface area contributed by atoms with Crippen molar-refractivity contribution < 1.29 is 9.53 Å². The van der Waals surface area contributed by atoms with E-state index < -0.39 is 0 Å². The maximum atomic E-state index is 12.4. The van der Waals surface area contributed by atoms with Crippen molar-refractivity contribution in [3.8, 4) is 5.75 Å². The van der Waals surface area contributed by atoms with Crippen molar-refractivity contribution in [2.75, 3.05) is 33.2 Å². The Morgan fingerprint density at radius 1 is 1.23 bits per heavy atom. The van der Waals surface area contributed by atoms with Crippen LogP contribution >= 0.6 is 24.0 Å². The molecule has 2 heterocycles. The minimum atomic E-state index is -0.0253. The van der Waals surface area contributed by atoms with Gasteiger partial charge in [0.05, 0.1) is 6.54 Å². The summed E-state index contributed by atoms with van der Waals surface area (Å²) < 4.78 is 5.95. The average Bonchev–Trinajstić information content (AvgIpc) is 3.17. The van der Waals surface area contributed by atoms with Gasteiger partial charge in [0.1, 0.15) is 18.4 Å².